The summed E-state index contributed by atoms with van der Waals surface area (Å²) in [4.78, 5) is 12.3. The van der Waals surface area contributed by atoms with Crippen LogP contribution in [0.1, 0.15) is 27.7 Å². The van der Waals surface area contributed by atoms with Crippen LogP contribution in [0.2, 0.25) is 0 Å². The molecule has 0 fully saturated rings. The Morgan fingerprint density at radius 1 is 1.38 bits per heavy atom. The molecule has 0 saturated heterocycles. The van der Waals surface area contributed by atoms with Gasteiger partial charge >= 0.3 is 6.09 Å². The van der Waals surface area contributed by atoms with Crippen molar-refractivity contribution in [3.8, 4) is 5.75 Å². The molecule has 0 radical (unpaired) electrons. The monoisotopic (exact) mass is 360 g/mol. The van der Waals surface area contributed by atoms with E-state index in [1.807, 2.05) is 0 Å². The van der Waals surface area contributed by atoms with E-state index in [-0.39, 0.29) is 24.8 Å². The molecule has 24 heavy (non-hydrogen) atoms. The van der Waals surface area contributed by atoms with Gasteiger partial charge in [0.05, 0.1) is 12.7 Å². The third kappa shape index (κ3) is 5.68. The second kappa shape index (κ2) is 8.89. The van der Waals surface area contributed by atoms with Gasteiger partial charge in [-0.2, -0.15) is 4.79 Å². The van der Waals surface area contributed by atoms with E-state index in [0.29, 0.717) is 0 Å². The van der Waals surface area contributed by atoms with Crippen LogP contribution in [0.25, 0.3) is 0 Å². The van der Waals surface area contributed by atoms with Gasteiger partial charge in [-0.3, -0.25) is 0 Å². The average molecular weight is 360 g/mol. The summed E-state index contributed by atoms with van der Waals surface area (Å²) in [5.41, 5.74) is 1.29. The van der Waals surface area contributed by atoms with E-state index >= 15 is 0 Å². The lowest BCUT2D eigenvalue weighted by atomic mass is 10.3. The van der Waals surface area contributed by atoms with Crippen LogP contribution in [0.5, 0.6) is 5.75 Å². The summed E-state index contributed by atoms with van der Waals surface area (Å²) in [5.74, 6) is -0.368. The zero-order valence-electron chi connectivity index (χ0n) is 14.5. The fraction of sp³-hybridized carbons (Fsp3) is 0.500. The fourth-order valence-electron chi connectivity index (χ4n) is 1.57. The second-order valence-electron chi connectivity index (χ2n) is 5.75. The van der Waals surface area contributed by atoms with Crippen LogP contribution in [-0.2, 0) is 20.3 Å². The van der Waals surface area contributed by atoms with Gasteiger partial charge in [0, 0.05) is 11.9 Å². The maximum atomic E-state index is 13.7. The molecular formula is C16H23FNO5S+. The zero-order chi connectivity index (χ0) is 18.3. The minimum absolute atomic E-state index is 0.0857. The molecule has 0 aliphatic heterocycles. The van der Waals surface area contributed by atoms with Gasteiger partial charge in [0.1, 0.15) is 16.6 Å². The number of carbonyl (C=O) groups excluding carboxylic acids is 1. The van der Waals surface area contributed by atoms with Crippen molar-refractivity contribution in [2.24, 2.45) is 0 Å². The van der Waals surface area contributed by atoms with Crippen molar-refractivity contribution in [3.05, 3.63) is 24.0 Å². The van der Waals surface area contributed by atoms with E-state index < -0.39 is 27.5 Å². The molecule has 0 spiro atoms. The third-order valence-electron chi connectivity index (χ3n) is 2.78. The molecule has 0 aliphatic rings. The summed E-state index contributed by atoms with van der Waals surface area (Å²) < 4.78 is 41.7. The Balaban J connectivity index is 3.44. The summed E-state index contributed by atoms with van der Waals surface area (Å²) in [6.07, 6.45) is -0.775. The zero-order valence-corrected chi connectivity index (χ0v) is 15.3. The fourth-order valence-corrected chi connectivity index (χ4v) is 2.28. The highest BCUT2D eigenvalue weighted by atomic mass is 32.2. The van der Waals surface area contributed by atoms with E-state index in [0.717, 1.165) is 10.6 Å². The van der Waals surface area contributed by atoms with Crippen LogP contribution >= 0.6 is 0 Å². The van der Waals surface area contributed by atoms with Crippen molar-refractivity contribution < 1.29 is 32.2 Å². The lowest BCUT2D eigenvalue weighted by molar-refractivity contribution is -0.351. The summed E-state index contributed by atoms with van der Waals surface area (Å²) >= 11 is 0. The first-order valence-electron chi connectivity index (χ1n) is 7.33. The molecule has 0 aliphatic carbocycles. The molecular weight excluding hydrogens is 337 g/mol. The minimum Gasteiger partial charge on any atom is -0.461 e. The Hall–Kier alpha value is -1.80. The molecule has 0 unspecified atom stereocenters. The number of nitrogens with zero attached hydrogens (tertiary/aromatic N) is 1. The first kappa shape index (κ1) is 20.2. The van der Waals surface area contributed by atoms with Gasteiger partial charge in [-0.05, 0) is 39.8 Å². The van der Waals surface area contributed by atoms with Crippen LogP contribution in [-0.4, -0.2) is 45.7 Å². The van der Waals surface area contributed by atoms with Crippen molar-refractivity contribution in [2.45, 2.75) is 32.4 Å². The van der Waals surface area contributed by atoms with Crippen LogP contribution < -0.4 is 4.74 Å². The van der Waals surface area contributed by atoms with Gasteiger partial charge in [-0.15, -0.1) is 0 Å². The normalized spacial score (nSPS) is 13.5. The number of rotatable bonds is 6. The molecule has 8 heteroatoms. The number of carbonyl (C=O) groups is 1. The molecule has 1 aromatic carbocycles. The Bertz CT molecular complexity index is 640. The maximum Gasteiger partial charge on any atom is 0.603 e. The van der Waals surface area contributed by atoms with E-state index in [1.165, 1.54) is 24.8 Å². The number of halogens is 1. The number of amides is 1. The molecule has 0 bridgehead atoms. The van der Waals surface area contributed by atoms with Gasteiger partial charge in [0.2, 0.25) is 5.55 Å². The molecule has 0 aromatic heterocycles. The summed E-state index contributed by atoms with van der Waals surface area (Å²) in [6, 6.07) is 3.67. The second-order valence-corrected chi connectivity index (χ2v) is 7.78. The number of benzene rings is 1. The van der Waals surface area contributed by atoms with Crippen LogP contribution in [0.15, 0.2) is 18.2 Å². The molecule has 134 valence electrons. The summed E-state index contributed by atoms with van der Waals surface area (Å²) in [5, 5.41) is 0. The standard InChI is InChI=1S/C16H23FNO5S/c1-6-22-15(19)18(10-24(20)16(2,3)4)13-9-12(17)7-8-14(13)23-11-21-5/h7-10H,6,11H2,1-5H3/q+1/b18-10-/t24-/m0/s1. The number of methoxy groups -OCH3 is 1. The van der Waals surface area contributed by atoms with Crippen molar-refractivity contribution in [2.75, 3.05) is 20.5 Å². The van der Waals surface area contributed by atoms with Gasteiger partial charge in [0.15, 0.2) is 12.5 Å². The van der Waals surface area contributed by atoms with Gasteiger partial charge in [0.25, 0.3) is 5.69 Å². The van der Waals surface area contributed by atoms with Crippen molar-refractivity contribution in [1.29, 1.82) is 0 Å². The molecule has 0 saturated carbocycles. The lowest BCUT2D eigenvalue weighted by Crippen LogP contribution is -2.28. The predicted octanol–water partition coefficient (Wildman–Crippen LogP) is 3.18. The first-order chi connectivity index (χ1) is 11.2. The van der Waals surface area contributed by atoms with Crippen molar-refractivity contribution in [1.82, 2.24) is 0 Å². The smallest absolute Gasteiger partial charge is 0.461 e. The molecule has 1 aromatic rings. The Labute approximate surface area is 143 Å². The molecule has 1 amide bonds. The third-order valence-corrected chi connectivity index (χ3v) is 4.39. The number of hydrogen-bond acceptors (Lipinski definition) is 5. The number of ether oxygens (including phenoxy) is 3. The van der Waals surface area contributed by atoms with Crippen LogP contribution in [0, 0.1) is 5.82 Å². The quantitative estimate of drug-likeness (QED) is 0.337. The van der Waals surface area contributed by atoms with Gasteiger partial charge in [-0.25, -0.2) is 8.60 Å². The Morgan fingerprint density at radius 2 is 2.04 bits per heavy atom. The van der Waals surface area contributed by atoms with Gasteiger partial charge in [-0.1, -0.05) is 4.58 Å². The largest absolute Gasteiger partial charge is 0.603 e. The topological polar surface area (TPSA) is 64.8 Å². The lowest BCUT2D eigenvalue weighted by Gasteiger charge is -2.13. The van der Waals surface area contributed by atoms with Crippen LogP contribution in [0.3, 0.4) is 0 Å². The number of hydrogen-bond donors (Lipinski definition) is 0. The molecule has 1 rings (SSSR count). The van der Waals surface area contributed by atoms with Gasteiger partial charge < -0.3 is 14.2 Å². The summed E-state index contributed by atoms with van der Waals surface area (Å²) in [6.45, 7) is 6.96. The van der Waals surface area contributed by atoms with E-state index in [1.54, 1.807) is 27.7 Å². The SMILES string of the molecule is CCOC(=O)/[N+](=C\[S@](=O)C(C)(C)C)c1cc(F)ccc1OCOC. The average Bonchev–Trinajstić information content (AvgIpc) is 2.50. The highest BCUT2D eigenvalue weighted by molar-refractivity contribution is 7.99. The molecule has 6 nitrogen and oxygen atoms in total. The van der Waals surface area contributed by atoms with Crippen LogP contribution in [0.4, 0.5) is 14.9 Å². The summed E-state index contributed by atoms with van der Waals surface area (Å²) in [7, 11) is -0.0842. The van der Waals surface area contributed by atoms with E-state index in [9.17, 15) is 13.4 Å². The molecule has 0 heterocycles. The highest BCUT2D eigenvalue weighted by Crippen LogP contribution is 2.29. The molecule has 0 N–H and O–H groups in total. The predicted molar refractivity (Wildman–Crippen MR) is 89.8 cm³/mol. The molecule has 1 atom stereocenters. The Kier molecular flexibility index (Phi) is 7.50. The van der Waals surface area contributed by atoms with E-state index in [2.05, 4.69) is 0 Å². The van der Waals surface area contributed by atoms with Crippen molar-refractivity contribution >= 4 is 28.1 Å². The minimum atomic E-state index is -1.52. The van der Waals surface area contributed by atoms with E-state index in [4.69, 9.17) is 14.2 Å². The van der Waals surface area contributed by atoms with Crippen molar-refractivity contribution in [3.63, 3.8) is 0 Å². The highest BCUT2D eigenvalue weighted by Gasteiger charge is 2.31. The first-order valence-corrected chi connectivity index (χ1v) is 8.55. The Morgan fingerprint density at radius 3 is 2.58 bits per heavy atom. The maximum absolute atomic E-state index is 13.7.